The molecular formula is C16H18F3N3OS. The van der Waals surface area contributed by atoms with E-state index < -0.39 is 17.6 Å². The van der Waals surface area contributed by atoms with Gasteiger partial charge in [0.1, 0.15) is 0 Å². The molecule has 2 aromatic rings. The van der Waals surface area contributed by atoms with Crippen LogP contribution >= 0.6 is 11.3 Å². The highest BCUT2D eigenvalue weighted by Gasteiger charge is 2.54. The molecule has 1 saturated heterocycles. The Morgan fingerprint density at radius 3 is 2.75 bits per heavy atom. The Kier molecular flexibility index (Phi) is 4.29. The summed E-state index contributed by atoms with van der Waals surface area (Å²) in [6.45, 7) is 3.27. The number of para-hydroxylation sites is 1. The number of hydrogen-bond donors (Lipinski definition) is 1. The molecule has 0 saturated carbocycles. The predicted octanol–water partition coefficient (Wildman–Crippen LogP) is 3.90. The van der Waals surface area contributed by atoms with Gasteiger partial charge in [0.25, 0.3) is 0 Å². The van der Waals surface area contributed by atoms with Crippen molar-refractivity contribution < 1.29 is 18.0 Å². The van der Waals surface area contributed by atoms with Gasteiger partial charge in [-0.05, 0) is 38.9 Å². The highest BCUT2D eigenvalue weighted by molar-refractivity contribution is 7.22. The van der Waals surface area contributed by atoms with Gasteiger partial charge in [0, 0.05) is 5.54 Å². The number of nitrogens with zero attached hydrogens (tertiary/aromatic N) is 2. The van der Waals surface area contributed by atoms with E-state index in [1.807, 2.05) is 24.3 Å². The summed E-state index contributed by atoms with van der Waals surface area (Å²) in [6, 6.07) is 7.49. The lowest BCUT2D eigenvalue weighted by atomic mass is 9.88. The highest BCUT2D eigenvalue weighted by Crippen LogP contribution is 2.44. The fourth-order valence-corrected chi connectivity index (χ4v) is 4.13. The third kappa shape index (κ3) is 3.25. The number of anilines is 1. The van der Waals surface area contributed by atoms with Crippen LogP contribution in [-0.2, 0) is 4.79 Å². The fraction of sp³-hybridized carbons (Fsp3) is 0.500. The molecular weight excluding hydrogens is 339 g/mol. The normalized spacial score (nSPS) is 21.3. The third-order valence-electron chi connectivity index (χ3n) is 4.63. The van der Waals surface area contributed by atoms with Gasteiger partial charge in [0.05, 0.1) is 22.7 Å². The molecule has 1 atom stereocenters. The summed E-state index contributed by atoms with van der Waals surface area (Å²) >= 11 is 1.35. The SMILES string of the molecule is CC1(C)[C@H](C(F)(F)F)CCN1CC(=O)Nc1nc2ccccc2s1. The van der Waals surface area contributed by atoms with Crippen molar-refractivity contribution in [1.82, 2.24) is 9.88 Å². The van der Waals surface area contributed by atoms with Gasteiger partial charge in [-0.25, -0.2) is 4.98 Å². The van der Waals surface area contributed by atoms with E-state index in [1.165, 1.54) is 11.3 Å². The molecule has 1 aliphatic rings. The van der Waals surface area contributed by atoms with Crippen LogP contribution in [-0.4, -0.2) is 40.6 Å². The molecule has 1 amide bonds. The van der Waals surface area contributed by atoms with Crippen LogP contribution in [0.2, 0.25) is 0 Å². The Labute approximate surface area is 141 Å². The molecule has 24 heavy (non-hydrogen) atoms. The molecule has 1 N–H and O–H groups in total. The first-order valence-electron chi connectivity index (χ1n) is 7.65. The van der Waals surface area contributed by atoms with Crippen LogP contribution < -0.4 is 5.32 Å². The van der Waals surface area contributed by atoms with Crippen LogP contribution in [0.1, 0.15) is 20.3 Å². The second kappa shape index (κ2) is 6.00. The Morgan fingerprint density at radius 1 is 1.42 bits per heavy atom. The molecule has 0 spiro atoms. The third-order valence-corrected chi connectivity index (χ3v) is 5.58. The van der Waals surface area contributed by atoms with Gasteiger partial charge in [-0.1, -0.05) is 23.5 Å². The van der Waals surface area contributed by atoms with Crippen molar-refractivity contribution in [2.45, 2.75) is 32.0 Å². The number of carbonyl (C=O) groups excluding carboxylic acids is 1. The summed E-state index contributed by atoms with van der Waals surface area (Å²) < 4.78 is 40.2. The van der Waals surface area contributed by atoms with Crippen molar-refractivity contribution in [3.8, 4) is 0 Å². The number of fused-ring (bicyclic) bond motifs is 1. The summed E-state index contributed by atoms with van der Waals surface area (Å²) in [5.74, 6) is -1.76. The molecule has 8 heteroatoms. The predicted molar refractivity (Wildman–Crippen MR) is 88.1 cm³/mol. The Balaban J connectivity index is 1.67. The summed E-state index contributed by atoms with van der Waals surface area (Å²) in [5.41, 5.74) is -0.306. The number of benzene rings is 1. The maximum atomic E-state index is 13.1. The van der Waals surface area contributed by atoms with Crippen LogP contribution in [0.15, 0.2) is 24.3 Å². The zero-order valence-corrected chi connectivity index (χ0v) is 14.2. The van der Waals surface area contributed by atoms with E-state index in [0.717, 1.165) is 10.2 Å². The summed E-state index contributed by atoms with van der Waals surface area (Å²) in [4.78, 5) is 18.1. The maximum Gasteiger partial charge on any atom is 0.393 e. The Morgan fingerprint density at radius 2 is 2.12 bits per heavy atom. The minimum Gasteiger partial charge on any atom is -0.301 e. The number of alkyl halides is 3. The van der Waals surface area contributed by atoms with Gasteiger partial charge >= 0.3 is 6.18 Å². The van der Waals surface area contributed by atoms with Crippen molar-refractivity contribution in [3.05, 3.63) is 24.3 Å². The molecule has 0 bridgehead atoms. The Bertz CT molecular complexity index is 723. The summed E-state index contributed by atoms with van der Waals surface area (Å²) in [7, 11) is 0. The quantitative estimate of drug-likeness (QED) is 0.906. The zero-order valence-electron chi connectivity index (χ0n) is 13.4. The lowest BCUT2D eigenvalue weighted by Gasteiger charge is -2.36. The zero-order chi connectivity index (χ0) is 17.5. The van der Waals surface area contributed by atoms with E-state index in [1.54, 1.807) is 18.7 Å². The second-order valence-electron chi connectivity index (χ2n) is 6.49. The average Bonchev–Trinajstić information content (AvgIpc) is 2.98. The molecule has 0 aliphatic carbocycles. The minimum atomic E-state index is -4.25. The van der Waals surface area contributed by atoms with E-state index in [0.29, 0.717) is 5.13 Å². The molecule has 1 aliphatic heterocycles. The largest absolute Gasteiger partial charge is 0.393 e. The van der Waals surface area contributed by atoms with E-state index in [9.17, 15) is 18.0 Å². The summed E-state index contributed by atoms with van der Waals surface area (Å²) in [6.07, 6.45) is -4.23. The number of amides is 1. The van der Waals surface area contributed by atoms with E-state index >= 15 is 0 Å². The van der Waals surface area contributed by atoms with Crippen molar-refractivity contribution in [2.24, 2.45) is 5.92 Å². The van der Waals surface area contributed by atoms with Crippen LogP contribution in [0.25, 0.3) is 10.2 Å². The van der Waals surface area contributed by atoms with Crippen LogP contribution in [0.5, 0.6) is 0 Å². The highest BCUT2D eigenvalue weighted by atomic mass is 32.1. The molecule has 1 fully saturated rings. The lowest BCUT2D eigenvalue weighted by molar-refractivity contribution is -0.191. The molecule has 1 aromatic carbocycles. The first-order valence-corrected chi connectivity index (χ1v) is 8.47. The van der Waals surface area contributed by atoms with E-state index in [2.05, 4.69) is 10.3 Å². The van der Waals surface area contributed by atoms with Gasteiger partial charge in [0.15, 0.2) is 5.13 Å². The monoisotopic (exact) mass is 357 g/mol. The fourth-order valence-electron chi connectivity index (χ4n) is 3.25. The van der Waals surface area contributed by atoms with Crippen LogP contribution in [0, 0.1) is 5.92 Å². The molecule has 2 heterocycles. The van der Waals surface area contributed by atoms with Crippen molar-refractivity contribution in [3.63, 3.8) is 0 Å². The first kappa shape index (κ1) is 17.2. The van der Waals surface area contributed by atoms with Crippen molar-refractivity contribution in [2.75, 3.05) is 18.4 Å². The van der Waals surface area contributed by atoms with Gasteiger partial charge in [0.2, 0.25) is 5.91 Å². The number of nitrogens with one attached hydrogen (secondary N) is 1. The number of hydrogen-bond acceptors (Lipinski definition) is 4. The lowest BCUT2D eigenvalue weighted by Crippen LogP contribution is -2.49. The molecule has 4 nitrogen and oxygen atoms in total. The molecule has 130 valence electrons. The van der Waals surface area contributed by atoms with Crippen molar-refractivity contribution >= 4 is 32.6 Å². The van der Waals surface area contributed by atoms with Gasteiger partial charge in [-0.2, -0.15) is 13.2 Å². The van der Waals surface area contributed by atoms with Gasteiger partial charge < -0.3 is 5.32 Å². The molecule has 3 rings (SSSR count). The molecule has 1 aromatic heterocycles. The number of carbonyl (C=O) groups is 1. The standard InChI is InChI=1S/C16H18F3N3OS/c1-15(2)12(16(17,18)19)7-8-22(15)9-13(23)21-14-20-10-5-3-4-6-11(10)24-14/h3-6,12H,7-9H2,1-2H3,(H,20,21,23)/t12-/m1/s1. The number of thiazole rings is 1. The number of aromatic nitrogens is 1. The van der Waals surface area contributed by atoms with Crippen molar-refractivity contribution in [1.29, 1.82) is 0 Å². The number of rotatable bonds is 3. The molecule has 0 radical (unpaired) electrons. The van der Waals surface area contributed by atoms with Gasteiger partial charge in [-0.15, -0.1) is 0 Å². The first-order chi connectivity index (χ1) is 11.2. The number of likely N-dealkylation sites (tertiary alicyclic amines) is 1. The molecule has 0 unspecified atom stereocenters. The summed E-state index contributed by atoms with van der Waals surface area (Å²) in [5, 5.41) is 3.16. The number of halogens is 3. The average molecular weight is 357 g/mol. The topological polar surface area (TPSA) is 45.2 Å². The van der Waals surface area contributed by atoms with Gasteiger partial charge in [-0.3, -0.25) is 9.69 Å². The smallest absolute Gasteiger partial charge is 0.301 e. The van der Waals surface area contributed by atoms with E-state index in [4.69, 9.17) is 0 Å². The Hall–Kier alpha value is -1.67. The van der Waals surface area contributed by atoms with Crippen LogP contribution in [0.4, 0.5) is 18.3 Å². The van der Waals surface area contributed by atoms with Crippen LogP contribution in [0.3, 0.4) is 0 Å². The second-order valence-corrected chi connectivity index (χ2v) is 7.52. The minimum absolute atomic E-state index is 0.0188. The maximum absolute atomic E-state index is 13.1. The van der Waals surface area contributed by atoms with E-state index in [-0.39, 0.29) is 25.4 Å².